The third-order valence-electron chi connectivity index (χ3n) is 4.09. The lowest BCUT2D eigenvalue weighted by atomic mass is 9.98. The van der Waals surface area contributed by atoms with Gasteiger partial charge in [-0.2, -0.15) is 0 Å². The Bertz CT molecular complexity index is 997. The van der Waals surface area contributed by atoms with E-state index in [1.54, 1.807) is 0 Å². The first-order valence-electron chi connectivity index (χ1n) is 7.84. The highest BCUT2D eigenvalue weighted by atomic mass is 35.5. The largest absolute Gasteiger partial charge is 0.261 e. The van der Waals surface area contributed by atoms with Gasteiger partial charge in [-0.1, -0.05) is 48.0 Å². The van der Waals surface area contributed by atoms with Crippen LogP contribution in [0.3, 0.4) is 0 Å². The zero-order valence-corrected chi connectivity index (χ0v) is 13.7. The van der Waals surface area contributed by atoms with Crippen molar-refractivity contribution in [3.63, 3.8) is 0 Å². The first-order valence-corrected chi connectivity index (χ1v) is 8.21. The fourth-order valence-corrected chi connectivity index (χ4v) is 3.16. The van der Waals surface area contributed by atoms with Gasteiger partial charge in [-0.15, -0.1) is 0 Å². The van der Waals surface area contributed by atoms with Crippen LogP contribution in [0.25, 0.3) is 22.0 Å². The highest BCUT2D eigenvalue weighted by molar-refractivity contribution is 6.30. The van der Waals surface area contributed by atoms with Crippen LogP contribution in [-0.2, 0) is 6.42 Å². The van der Waals surface area contributed by atoms with Gasteiger partial charge in [-0.05, 0) is 41.5 Å². The summed E-state index contributed by atoms with van der Waals surface area (Å²) in [6, 6.07) is 22.2. The van der Waals surface area contributed by atoms with E-state index in [9.17, 15) is 0 Å². The predicted octanol–water partition coefficient (Wildman–Crippen LogP) is 5.54. The van der Waals surface area contributed by atoms with Crippen molar-refractivity contribution < 1.29 is 0 Å². The number of benzene rings is 2. The molecule has 2 nitrogen and oxygen atoms in total. The maximum atomic E-state index is 6.16. The Labute approximate surface area is 145 Å². The minimum Gasteiger partial charge on any atom is -0.261 e. The zero-order valence-electron chi connectivity index (χ0n) is 13.0. The van der Waals surface area contributed by atoms with Crippen LogP contribution in [0.5, 0.6) is 0 Å². The molecule has 2 heterocycles. The topological polar surface area (TPSA) is 25.8 Å². The predicted molar refractivity (Wildman–Crippen MR) is 99.2 cm³/mol. The molecule has 2 aromatic heterocycles. The number of nitrogens with zero attached hydrogens (tertiary/aromatic N) is 2. The van der Waals surface area contributed by atoms with E-state index in [-0.39, 0.29) is 0 Å². The number of halogens is 1. The van der Waals surface area contributed by atoms with Crippen molar-refractivity contribution in [3.05, 3.63) is 95.4 Å². The van der Waals surface area contributed by atoms with E-state index in [0.717, 1.165) is 39.2 Å². The molecule has 2 aromatic carbocycles. The van der Waals surface area contributed by atoms with Crippen molar-refractivity contribution in [1.29, 1.82) is 0 Å². The minimum atomic E-state index is 0.731. The Morgan fingerprint density at radius 1 is 0.792 bits per heavy atom. The molecule has 4 rings (SSSR count). The average Bonchev–Trinajstić information content (AvgIpc) is 2.62. The highest BCUT2D eigenvalue weighted by Gasteiger charge is 2.09. The second-order valence-corrected chi connectivity index (χ2v) is 6.12. The molecule has 0 aliphatic rings. The number of hydrogen-bond donors (Lipinski definition) is 0. The van der Waals surface area contributed by atoms with E-state index in [1.807, 2.05) is 48.8 Å². The van der Waals surface area contributed by atoms with Crippen molar-refractivity contribution in [2.75, 3.05) is 0 Å². The van der Waals surface area contributed by atoms with E-state index >= 15 is 0 Å². The van der Waals surface area contributed by atoms with Crippen LogP contribution in [0.2, 0.25) is 5.02 Å². The number of fused-ring (bicyclic) bond motifs is 1. The summed E-state index contributed by atoms with van der Waals surface area (Å²) in [7, 11) is 0. The molecule has 0 unspecified atom stereocenters. The maximum Gasteiger partial charge on any atom is 0.0783 e. The standard InChI is InChI=1S/C21H15ClN2/c22-17-6-3-5-15(13-17)19-8-4-9-20-16(10-12-24-21(19)20)14-18-7-1-2-11-23-18/h1-13H,14H2. The summed E-state index contributed by atoms with van der Waals surface area (Å²) in [5.74, 6) is 0. The molecular weight excluding hydrogens is 316 g/mol. The monoisotopic (exact) mass is 330 g/mol. The summed E-state index contributed by atoms with van der Waals surface area (Å²) in [6.45, 7) is 0. The second kappa shape index (κ2) is 6.42. The molecule has 0 fully saturated rings. The smallest absolute Gasteiger partial charge is 0.0783 e. The van der Waals surface area contributed by atoms with Crippen molar-refractivity contribution >= 4 is 22.5 Å². The fraction of sp³-hybridized carbons (Fsp3) is 0.0476. The summed E-state index contributed by atoms with van der Waals surface area (Å²) < 4.78 is 0. The lowest BCUT2D eigenvalue weighted by molar-refractivity contribution is 1.08. The Balaban J connectivity index is 1.86. The van der Waals surface area contributed by atoms with Gasteiger partial charge in [0.15, 0.2) is 0 Å². The van der Waals surface area contributed by atoms with Gasteiger partial charge in [-0.25, -0.2) is 0 Å². The molecule has 0 saturated carbocycles. The van der Waals surface area contributed by atoms with E-state index in [4.69, 9.17) is 11.6 Å². The number of aromatic nitrogens is 2. The van der Waals surface area contributed by atoms with Gasteiger partial charge in [0.2, 0.25) is 0 Å². The maximum absolute atomic E-state index is 6.16. The highest BCUT2D eigenvalue weighted by Crippen LogP contribution is 2.30. The molecule has 0 N–H and O–H groups in total. The number of pyridine rings is 2. The first-order chi connectivity index (χ1) is 11.8. The number of rotatable bonds is 3. The number of para-hydroxylation sites is 1. The van der Waals surface area contributed by atoms with Crippen LogP contribution >= 0.6 is 11.6 Å². The molecule has 0 amide bonds. The van der Waals surface area contributed by atoms with E-state index in [0.29, 0.717) is 0 Å². The van der Waals surface area contributed by atoms with Crippen LogP contribution in [0, 0.1) is 0 Å². The lowest BCUT2D eigenvalue weighted by Crippen LogP contribution is -1.94. The van der Waals surface area contributed by atoms with E-state index in [1.165, 1.54) is 5.56 Å². The van der Waals surface area contributed by atoms with Gasteiger partial charge in [0.25, 0.3) is 0 Å². The fourth-order valence-electron chi connectivity index (χ4n) is 2.97. The quantitative estimate of drug-likeness (QED) is 0.493. The Kier molecular flexibility index (Phi) is 3.97. The molecule has 0 aliphatic carbocycles. The molecule has 0 bridgehead atoms. The average molecular weight is 331 g/mol. The van der Waals surface area contributed by atoms with E-state index in [2.05, 4.69) is 40.3 Å². The molecule has 4 aromatic rings. The Morgan fingerprint density at radius 3 is 2.54 bits per heavy atom. The second-order valence-electron chi connectivity index (χ2n) is 5.68. The van der Waals surface area contributed by atoms with Crippen LogP contribution in [0.4, 0.5) is 0 Å². The minimum absolute atomic E-state index is 0.731. The van der Waals surface area contributed by atoms with E-state index < -0.39 is 0 Å². The SMILES string of the molecule is Clc1cccc(-c2cccc3c(Cc4ccccn4)ccnc23)c1. The summed E-state index contributed by atoms with van der Waals surface area (Å²) >= 11 is 6.16. The summed E-state index contributed by atoms with van der Waals surface area (Å²) in [6.07, 6.45) is 4.49. The van der Waals surface area contributed by atoms with Crippen molar-refractivity contribution in [3.8, 4) is 11.1 Å². The van der Waals surface area contributed by atoms with Gasteiger partial charge in [0.05, 0.1) is 5.52 Å². The molecule has 116 valence electrons. The first kappa shape index (κ1) is 14.9. The molecular formula is C21H15ClN2. The van der Waals surface area contributed by atoms with Gasteiger partial charge >= 0.3 is 0 Å². The molecule has 0 aliphatic heterocycles. The van der Waals surface area contributed by atoms with Gasteiger partial charge in [0.1, 0.15) is 0 Å². The summed E-state index contributed by atoms with van der Waals surface area (Å²) in [5, 5.41) is 1.88. The van der Waals surface area contributed by atoms with Gasteiger partial charge < -0.3 is 0 Å². The van der Waals surface area contributed by atoms with Gasteiger partial charge in [-0.3, -0.25) is 9.97 Å². The van der Waals surface area contributed by atoms with Crippen molar-refractivity contribution in [2.45, 2.75) is 6.42 Å². The van der Waals surface area contributed by atoms with Crippen LogP contribution < -0.4 is 0 Å². The Hall–Kier alpha value is -2.71. The van der Waals surface area contributed by atoms with Crippen molar-refractivity contribution in [1.82, 2.24) is 9.97 Å². The van der Waals surface area contributed by atoms with Crippen LogP contribution in [0.1, 0.15) is 11.3 Å². The van der Waals surface area contributed by atoms with Crippen molar-refractivity contribution in [2.24, 2.45) is 0 Å². The normalized spacial score (nSPS) is 10.9. The lowest BCUT2D eigenvalue weighted by Gasteiger charge is -2.10. The molecule has 24 heavy (non-hydrogen) atoms. The Morgan fingerprint density at radius 2 is 1.71 bits per heavy atom. The third kappa shape index (κ3) is 2.89. The molecule has 3 heteroatoms. The molecule has 0 atom stereocenters. The summed E-state index contributed by atoms with van der Waals surface area (Å²) in [5.41, 5.74) is 5.45. The molecule has 0 spiro atoms. The third-order valence-corrected chi connectivity index (χ3v) is 4.33. The van der Waals surface area contributed by atoms with Crippen LogP contribution in [0.15, 0.2) is 79.1 Å². The number of hydrogen-bond acceptors (Lipinski definition) is 2. The molecule has 0 radical (unpaired) electrons. The zero-order chi connectivity index (χ0) is 16.4. The summed E-state index contributed by atoms with van der Waals surface area (Å²) in [4.78, 5) is 9.06. The van der Waals surface area contributed by atoms with Gasteiger partial charge in [0, 0.05) is 40.5 Å². The molecule has 0 saturated heterocycles. The van der Waals surface area contributed by atoms with Crippen LogP contribution in [-0.4, -0.2) is 9.97 Å².